The first kappa shape index (κ1) is 20.6. The summed E-state index contributed by atoms with van der Waals surface area (Å²) in [6.07, 6.45) is -0.0855. The second kappa shape index (κ2) is 9.37. The zero-order valence-corrected chi connectivity index (χ0v) is 17.1. The number of halogens is 1. The third-order valence-corrected chi connectivity index (χ3v) is 5.09. The summed E-state index contributed by atoms with van der Waals surface area (Å²) in [7, 11) is 4.79. The highest BCUT2D eigenvalue weighted by Gasteiger charge is 2.29. The smallest absolute Gasteiger partial charge is 0.203 e. The van der Waals surface area contributed by atoms with Crippen LogP contribution in [0.3, 0.4) is 0 Å². The Hall–Kier alpha value is -2.15. The summed E-state index contributed by atoms with van der Waals surface area (Å²) in [5.74, 6) is 2.53. The van der Waals surface area contributed by atoms with Crippen LogP contribution in [0.1, 0.15) is 12.0 Å². The Balaban J connectivity index is 1.63. The lowest BCUT2D eigenvalue weighted by molar-refractivity contribution is -0.0275. The maximum absolute atomic E-state index is 10.6. The molecule has 2 aromatic rings. The maximum Gasteiger partial charge on any atom is 0.203 e. The molecule has 0 aromatic heterocycles. The van der Waals surface area contributed by atoms with Gasteiger partial charge in [-0.05, 0) is 48.4 Å². The Kier molecular flexibility index (Phi) is 6.88. The molecule has 1 aliphatic rings. The lowest BCUT2D eigenvalue weighted by Gasteiger charge is -2.36. The van der Waals surface area contributed by atoms with E-state index in [0.29, 0.717) is 41.1 Å². The van der Waals surface area contributed by atoms with Gasteiger partial charge in [0.25, 0.3) is 0 Å². The van der Waals surface area contributed by atoms with Crippen LogP contribution in [0.2, 0.25) is 5.02 Å². The summed E-state index contributed by atoms with van der Waals surface area (Å²) < 4.78 is 22.1. The van der Waals surface area contributed by atoms with Gasteiger partial charge in [-0.2, -0.15) is 0 Å². The van der Waals surface area contributed by atoms with Crippen molar-refractivity contribution in [2.24, 2.45) is 0 Å². The van der Waals surface area contributed by atoms with E-state index in [1.165, 1.54) is 0 Å². The van der Waals surface area contributed by atoms with Gasteiger partial charge in [-0.1, -0.05) is 11.6 Å². The SMILES string of the molecule is COc1cc(CN2CC[C@@H](Oc3ccc(Cl)cc3)[C@H](O)C2)cc(OC)c1OC. The first-order valence-corrected chi connectivity index (χ1v) is 9.53. The van der Waals surface area contributed by atoms with Crippen molar-refractivity contribution in [2.75, 3.05) is 34.4 Å². The zero-order chi connectivity index (χ0) is 20.1. The fourth-order valence-electron chi connectivity index (χ4n) is 3.43. The normalized spacial score (nSPS) is 19.9. The van der Waals surface area contributed by atoms with E-state index in [9.17, 15) is 5.11 Å². The summed E-state index contributed by atoms with van der Waals surface area (Å²) in [6.45, 7) is 2.00. The average Bonchev–Trinajstić information content (AvgIpc) is 2.70. The molecule has 6 nitrogen and oxygen atoms in total. The van der Waals surface area contributed by atoms with Crippen LogP contribution < -0.4 is 18.9 Å². The van der Waals surface area contributed by atoms with Gasteiger partial charge in [-0.15, -0.1) is 0 Å². The highest BCUT2D eigenvalue weighted by molar-refractivity contribution is 6.30. The van der Waals surface area contributed by atoms with Gasteiger partial charge in [0.2, 0.25) is 5.75 Å². The van der Waals surface area contributed by atoms with Crippen molar-refractivity contribution in [2.45, 2.75) is 25.2 Å². The molecule has 0 radical (unpaired) electrons. The fourth-order valence-corrected chi connectivity index (χ4v) is 3.56. The molecule has 2 atom stereocenters. The summed E-state index contributed by atoms with van der Waals surface area (Å²) in [4.78, 5) is 2.19. The van der Waals surface area contributed by atoms with Crippen molar-refractivity contribution < 1.29 is 24.1 Å². The van der Waals surface area contributed by atoms with Gasteiger partial charge in [-0.25, -0.2) is 0 Å². The number of aliphatic hydroxyl groups is 1. The van der Waals surface area contributed by atoms with Crippen molar-refractivity contribution in [1.29, 1.82) is 0 Å². The third-order valence-electron chi connectivity index (χ3n) is 4.84. The minimum Gasteiger partial charge on any atom is -0.493 e. The van der Waals surface area contributed by atoms with E-state index < -0.39 is 6.10 Å². The highest BCUT2D eigenvalue weighted by Crippen LogP contribution is 2.38. The van der Waals surface area contributed by atoms with Crippen molar-refractivity contribution in [3.63, 3.8) is 0 Å². The number of β-amino-alcohol motifs (C(OH)–C–C–N with tert-alkyl or cyclic N) is 1. The summed E-state index contributed by atoms with van der Waals surface area (Å²) in [6, 6.07) is 11.1. The number of hydrogen-bond donors (Lipinski definition) is 1. The Morgan fingerprint density at radius 3 is 2.21 bits per heavy atom. The van der Waals surface area contributed by atoms with E-state index in [1.807, 2.05) is 24.3 Å². The van der Waals surface area contributed by atoms with Crippen LogP contribution in [0.4, 0.5) is 0 Å². The molecule has 1 fully saturated rings. The Bertz CT molecular complexity index is 758. The summed E-state index contributed by atoms with van der Waals surface area (Å²) in [5.41, 5.74) is 1.03. The second-order valence-corrected chi connectivity index (χ2v) is 7.17. The third kappa shape index (κ3) is 4.82. The number of likely N-dealkylation sites (tertiary alicyclic amines) is 1. The van der Waals surface area contributed by atoms with Crippen LogP contribution in [0.15, 0.2) is 36.4 Å². The van der Waals surface area contributed by atoms with Crippen molar-refractivity contribution in [1.82, 2.24) is 4.90 Å². The van der Waals surface area contributed by atoms with Gasteiger partial charge in [0.15, 0.2) is 11.5 Å². The monoisotopic (exact) mass is 407 g/mol. The molecule has 1 saturated heterocycles. The van der Waals surface area contributed by atoms with Crippen molar-refractivity contribution >= 4 is 11.6 Å². The number of piperidine rings is 1. The molecule has 0 unspecified atom stereocenters. The molecule has 0 spiro atoms. The number of aliphatic hydroxyl groups excluding tert-OH is 1. The number of ether oxygens (including phenoxy) is 4. The number of nitrogens with zero attached hydrogens (tertiary/aromatic N) is 1. The molecular weight excluding hydrogens is 382 g/mol. The number of rotatable bonds is 7. The van der Waals surface area contributed by atoms with Gasteiger partial charge in [0, 0.05) is 24.7 Å². The fraction of sp³-hybridized carbons (Fsp3) is 0.429. The Morgan fingerprint density at radius 1 is 1.04 bits per heavy atom. The quantitative estimate of drug-likeness (QED) is 0.759. The first-order valence-electron chi connectivity index (χ1n) is 9.15. The van der Waals surface area contributed by atoms with Gasteiger partial charge < -0.3 is 24.1 Å². The lowest BCUT2D eigenvalue weighted by atomic mass is 10.0. The van der Waals surface area contributed by atoms with E-state index >= 15 is 0 Å². The largest absolute Gasteiger partial charge is 0.493 e. The molecule has 0 saturated carbocycles. The van der Waals surface area contributed by atoms with E-state index in [0.717, 1.165) is 18.5 Å². The van der Waals surface area contributed by atoms with Crippen molar-refractivity contribution in [3.05, 3.63) is 47.0 Å². The summed E-state index contributed by atoms with van der Waals surface area (Å²) >= 11 is 5.90. The molecule has 2 aromatic carbocycles. The van der Waals surface area contributed by atoms with Crippen LogP contribution in [0.25, 0.3) is 0 Å². The Labute approximate surface area is 170 Å². The molecular formula is C21H26ClNO5. The number of hydrogen-bond acceptors (Lipinski definition) is 6. The van der Waals surface area contributed by atoms with E-state index in [1.54, 1.807) is 33.5 Å². The van der Waals surface area contributed by atoms with E-state index in [2.05, 4.69) is 4.90 Å². The second-order valence-electron chi connectivity index (χ2n) is 6.73. The van der Waals surface area contributed by atoms with Gasteiger partial charge in [0.05, 0.1) is 21.3 Å². The van der Waals surface area contributed by atoms with Crippen LogP contribution in [0.5, 0.6) is 23.0 Å². The molecule has 1 aliphatic heterocycles. The van der Waals surface area contributed by atoms with Gasteiger partial charge in [0.1, 0.15) is 18.0 Å². The van der Waals surface area contributed by atoms with E-state index in [4.69, 9.17) is 30.5 Å². The molecule has 7 heteroatoms. The highest BCUT2D eigenvalue weighted by atomic mass is 35.5. The topological polar surface area (TPSA) is 60.4 Å². The molecule has 28 heavy (non-hydrogen) atoms. The molecule has 0 aliphatic carbocycles. The average molecular weight is 408 g/mol. The molecule has 3 rings (SSSR count). The molecule has 0 bridgehead atoms. The summed E-state index contributed by atoms with van der Waals surface area (Å²) in [5, 5.41) is 11.2. The van der Waals surface area contributed by atoms with Gasteiger partial charge in [-0.3, -0.25) is 4.90 Å². The standard InChI is InChI=1S/C21H26ClNO5/c1-25-19-10-14(11-20(26-2)21(19)27-3)12-23-9-8-18(17(24)13-23)28-16-6-4-15(22)5-7-16/h4-7,10-11,17-18,24H,8-9,12-13H2,1-3H3/t17-,18-/m1/s1. The van der Waals surface area contributed by atoms with E-state index in [-0.39, 0.29) is 6.10 Å². The zero-order valence-electron chi connectivity index (χ0n) is 16.4. The van der Waals surface area contributed by atoms with Crippen LogP contribution in [-0.4, -0.2) is 56.6 Å². The lowest BCUT2D eigenvalue weighted by Crippen LogP contribution is -2.48. The first-order chi connectivity index (χ1) is 13.5. The van der Waals surface area contributed by atoms with Crippen molar-refractivity contribution in [3.8, 4) is 23.0 Å². The van der Waals surface area contributed by atoms with Gasteiger partial charge >= 0.3 is 0 Å². The van der Waals surface area contributed by atoms with Crippen LogP contribution in [-0.2, 0) is 6.54 Å². The molecule has 1 N–H and O–H groups in total. The predicted octanol–water partition coefficient (Wildman–Crippen LogP) is 3.38. The minimum absolute atomic E-state index is 0.239. The molecule has 152 valence electrons. The maximum atomic E-state index is 10.6. The van der Waals surface area contributed by atoms with Crippen LogP contribution in [0, 0.1) is 0 Å². The Morgan fingerprint density at radius 2 is 1.68 bits per heavy atom. The predicted molar refractivity (Wildman–Crippen MR) is 108 cm³/mol. The minimum atomic E-state index is -0.577. The molecule has 0 amide bonds. The van der Waals surface area contributed by atoms with Crippen LogP contribution >= 0.6 is 11.6 Å². The number of benzene rings is 2. The molecule has 1 heterocycles. The number of methoxy groups -OCH3 is 3.